The summed E-state index contributed by atoms with van der Waals surface area (Å²) in [5, 5.41) is 2.26. The Balaban J connectivity index is 2.29. The smallest absolute Gasteiger partial charge is 0.265 e. The van der Waals surface area contributed by atoms with E-state index in [0.29, 0.717) is 11.3 Å². The number of carbonyl (C=O) groups excluding carboxylic acids is 3. The van der Waals surface area contributed by atoms with Crippen LogP contribution in [0.4, 0.5) is 0 Å². The molecule has 5 nitrogen and oxygen atoms in total. The molecule has 1 atom stereocenters. The number of rotatable bonds is 2. The van der Waals surface area contributed by atoms with Gasteiger partial charge in [0, 0.05) is 4.88 Å². The fourth-order valence-electron chi connectivity index (χ4n) is 2.11. The van der Waals surface area contributed by atoms with Crippen molar-refractivity contribution < 1.29 is 14.4 Å². The highest BCUT2D eigenvalue weighted by atomic mass is 32.1. The fraction of sp³-hybridized carbons (Fsp3) is 0.462. The van der Waals surface area contributed by atoms with Gasteiger partial charge in [0.15, 0.2) is 0 Å². The normalized spacial score (nSPS) is 19.5. The highest BCUT2D eigenvalue weighted by Crippen LogP contribution is 2.24. The number of thiophene rings is 1. The van der Waals surface area contributed by atoms with Crippen LogP contribution in [0.25, 0.3) is 0 Å². The van der Waals surface area contributed by atoms with Gasteiger partial charge in [-0.2, -0.15) is 0 Å². The Labute approximate surface area is 115 Å². The molecule has 1 aromatic rings. The summed E-state index contributed by atoms with van der Waals surface area (Å²) in [6, 6.07) is 1.25. The molecule has 102 valence electrons. The SMILES string of the molecule is CCC1C(=O)NC(=O)CN1C(=O)c1cc(C)c(C)s1. The maximum absolute atomic E-state index is 12.4. The van der Waals surface area contributed by atoms with Crippen molar-refractivity contribution >= 4 is 29.1 Å². The van der Waals surface area contributed by atoms with Crippen molar-refractivity contribution in [1.29, 1.82) is 0 Å². The van der Waals surface area contributed by atoms with E-state index in [-0.39, 0.29) is 12.5 Å². The first-order valence-corrected chi connectivity index (χ1v) is 6.97. The summed E-state index contributed by atoms with van der Waals surface area (Å²) >= 11 is 1.40. The first kappa shape index (κ1) is 13.7. The molecule has 1 N–H and O–H groups in total. The van der Waals surface area contributed by atoms with E-state index < -0.39 is 17.9 Å². The molecule has 0 radical (unpaired) electrons. The van der Waals surface area contributed by atoms with Gasteiger partial charge >= 0.3 is 0 Å². The van der Waals surface area contributed by atoms with Crippen LogP contribution in [0.1, 0.15) is 33.5 Å². The standard InChI is InChI=1S/C13H16N2O3S/c1-4-9-12(17)14-11(16)6-15(9)13(18)10-5-7(2)8(3)19-10/h5,9H,4,6H2,1-3H3,(H,14,16,17). The van der Waals surface area contributed by atoms with Crippen molar-refractivity contribution in [3.05, 3.63) is 21.4 Å². The summed E-state index contributed by atoms with van der Waals surface area (Å²) in [5.41, 5.74) is 1.05. The molecule has 0 saturated carbocycles. The summed E-state index contributed by atoms with van der Waals surface area (Å²) in [4.78, 5) is 38.6. The van der Waals surface area contributed by atoms with Gasteiger partial charge in [-0.3, -0.25) is 19.7 Å². The largest absolute Gasteiger partial charge is 0.317 e. The Kier molecular flexibility index (Phi) is 3.71. The lowest BCUT2D eigenvalue weighted by Gasteiger charge is -2.33. The van der Waals surface area contributed by atoms with Gasteiger partial charge in [-0.05, 0) is 31.9 Å². The van der Waals surface area contributed by atoms with Crippen LogP contribution in [0.5, 0.6) is 0 Å². The fourth-order valence-corrected chi connectivity index (χ4v) is 3.10. The third-order valence-corrected chi connectivity index (χ3v) is 4.42. The molecule has 1 fully saturated rings. The predicted octanol–water partition coefficient (Wildman–Crippen LogP) is 1.24. The molecule has 1 aromatic heterocycles. The summed E-state index contributed by atoms with van der Waals surface area (Å²) in [7, 11) is 0. The average molecular weight is 280 g/mol. The number of aryl methyl sites for hydroxylation is 2. The lowest BCUT2D eigenvalue weighted by Crippen LogP contribution is -2.59. The van der Waals surface area contributed by atoms with Crippen LogP contribution in [0.2, 0.25) is 0 Å². The van der Waals surface area contributed by atoms with Crippen molar-refractivity contribution in [3.8, 4) is 0 Å². The Morgan fingerprint density at radius 1 is 1.47 bits per heavy atom. The molecule has 6 heteroatoms. The van der Waals surface area contributed by atoms with Gasteiger partial charge in [0.25, 0.3) is 5.91 Å². The summed E-state index contributed by atoms with van der Waals surface area (Å²) in [6.07, 6.45) is 0.494. The van der Waals surface area contributed by atoms with Gasteiger partial charge in [0.2, 0.25) is 11.8 Å². The number of carbonyl (C=O) groups is 3. The Morgan fingerprint density at radius 2 is 2.16 bits per heavy atom. The second-order valence-electron chi connectivity index (χ2n) is 4.62. The molecular weight excluding hydrogens is 264 g/mol. The number of nitrogens with one attached hydrogen (secondary N) is 1. The van der Waals surface area contributed by atoms with E-state index in [9.17, 15) is 14.4 Å². The summed E-state index contributed by atoms with van der Waals surface area (Å²) < 4.78 is 0. The molecule has 0 aliphatic carbocycles. The number of nitrogens with zero attached hydrogens (tertiary/aromatic N) is 1. The van der Waals surface area contributed by atoms with E-state index in [4.69, 9.17) is 0 Å². The number of amides is 3. The molecule has 0 aromatic carbocycles. The van der Waals surface area contributed by atoms with Crippen LogP contribution in [-0.2, 0) is 9.59 Å². The number of hydrogen-bond donors (Lipinski definition) is 1. The van der Waals surface area contributed by atoms with E-state index in [1.807, 2.05) is 26.8 Å². The Bertz CT molecular complexity index is 531. The van der Waals surface area contributed by atoms with Crippen molar-refractivity contribution in [1.82, 2.24) is 10.2 Å². The van der Waals surface area contributed by atoms with E-state index in [1.54, 1.807) is 0 Å². The third-order valence-electron chi connectivity index (χ3n) is 3.28. The molecule has 1 aliphatic heterocycles. The molecule has 1 aliphatic rings. The van der Waals surface area contributed by atoms with Gasteiger partial charge in [-0.15, -0.1) is 11.3 Å². The summed E-state index contributed by atoms with van der Waals surface area (Å²) in [5.74, 6) is -1.05. The van der Waals surface area contributed by atoms with Crippen LogP contribution >= 0.6 is 11.3 Å². The number of piperazine rings is 1. The van der Waals surface area contributed by atoms with Gasteiger partial charge < -0.3 is 4.90 Å². The molecule has 2 rings (SSSR count). The van der Waals surface area contributed by atoms with Crippen LogP contribution < -0.4 is 5.32 Å². The van der Waals surface area contributed by atoms with Crippen molar-refractivity contribution in [2.45, 2.75) is 33.2 Å². The molecule has 19 heavy (non-hydrogen) atoms. The minimum atomic E-state index is -0.562. The van der Waals surface area contributed by atoms with Crippen LogP contribution in [0.15, 0.2) is 6.07 Å². The quantitative estimate of drug-likeness (QED) is 0.829. The van der Waals surface area contributed by atoms with E-state index >= 15 is 0 Å². The number of hydrogen-bond acceptors (Lipinski definition) is 4. The minimum absolute atomic E-state index is 0.0565. The highest BCUT2D eigenvalue weighted by Gasteiger charge is 2.36. The van der Waals surface area contributed by atoms with Gasteiger partial charge in [0.05, 0.1) is 4.88 Å². The van der Waals surface area contributed by atoms with Crippen molar-refractivity contribution in [3.63, 3.8) is 0 Å². The monoisotopic (exact) mass is 280 g/mol. The zero-order valence-electron chi connectivity index (χ0n) is 11.1. The first-order chi connectivity index (χ1) is 8.93. The molecular formula is C13H16N2O3S. The Morgan fingerprint density at radius 3 is 2.68 bits per heavy atom. The highest BCUT2D eigenvalue weighted by molar-refractivity contribution is 7.14. The maximum atomic E-state index is 12.4. The average Bonchev–Trinajstić information content (AvgIpc) is 2.68. The first-order valence-electron chi connectivity index (χ1n) is 6.15. The predicted molar refractivity (Wildman–Crippen MR) is 72.1 cm³/mol. The molecule has 1 saturated heterocycles. The van der Waals surface area contributed by atoms with Crippen LogP contribution in [-0.4, -0.2) is 35.2 Å². The van der Waals surface area contributed by atoms with E-state index in [0.717, 1.165) is 10.4 Å². The molecule has 3 amide bonds. The van der Waals surface area contributed by atoms with Gasteiger partial charge in [-0.1, -0.05) is 6.92 Å². The van der Waals surface area contributed by atoms with Crippen molar-refractivity contribution in [2.75, 3.05) is 6.54 Å². The van der Waals surface area contributed by atoms with E-state index in [2.05, 4.69) is 5.32 Å². The van der Waals surface area contributed by atoms with Gasteiger partial charge in [0.1, 0.15) is 12.6 Å². The number of imide groups is 1. The zero-order valence-corrected chi connectivity index (χ0v) is 12.0. The lowest BCUT2D eigenvalue weighted by atomic mass is 10.1. The minimum Gasteiger partial charge on any atom is -0.317 e. The third kappa shape index (κ3) is 2.53. The topological polar surface area (TPSA) is 66.5 Å². The van der Waals surface area contributed by atoms with Crippen molar-refractivity contribution in [2.24, 2.45) is 0 Å². The molecule has 0 spiro atoms. The van der Waals surface area contributed by atoms with Crippen LogP contribution in [0, 0.1) is 13.8 Å². The Hall–Kier alpha value is -1.69. The van der Waals surface area contributed by atoms with Crippen LogP contribution in [0.3, 0.4) is 0 Å². The van der Waals surface area contributed by atoms with E-state index in [1.165, 1.54) is 16.2 Å². The summed E-state index contributed by atoms with van der Waals surface area (Å²) in [6.45, 7) is 5.65. The zero-order chi connectivity index (χ0) is 14.2. The molecule has 2 heterocycles. The molecule has 0 bridgehead atoms. The second kappa shape index (κ2) is 5.13. The second-order valence-corrected chi connectivity index (χ2v) is 5.88. The van der Waals surface area contributed by atoms with Gasteiger partial charge in [-0.25, -0.2) is 0 Å². The maximum Gasteiger partial charge on any atom is 0.265 e. The molecule has 1 unspecified atom stereocenters. The lowest BCUT2D eigenvalue weighted by molar-refractivity contribution is -0.138.